The number of anilines is 2. The molecule has 2 aromatic rings. The Morgan fingerprint density at radius 3 is 2.42 bits per heavy atom. The van der Waals surface area contributed by atoms with Crippen LogP contribution in [0.15, 0.2) is 17.2 Å². The number of aryl methyl sites for hydroxylation is 2. The SMILES string of the molecule is Cc1cc(N2CCOCC2)nc(N2CCN(C(=O)Cn3cnc(C)c(C)c3=O)CC2)n1. The molecule has 2 aliphatic rings. The van der Waals surface area contributed by atoms with Crippen LogP contribution in [0.3, 0.4) is 0 Å². The quantitative estimate of drug-likeness (QED) is 0.680. The van der Waals surface area contributed by atoms with E-state index in [1.54, 1.807) is 18.7 Å². The van der Waals surface area contributed by atoms with E-state index in [2.05, 4.69) is 19.8 Å². The van der Waals surface area contributed by atoms with Crippen molar-refractivity contribution in [2.45, 2.75) is 27.3 Å². The average Bonchev–Trinajstić information content (AvgIpc) is 2.79. The monoisotopic (exact) mass is 427 g/mol. The number of morpholine rings is 1. The van der Waals surface area contributed by atoms with Crippen molar-refractivity contribution in [1.29, 1.82) is 0 Å². The highest BCUT2D eigenvalue weighted by molar-refractivity contribution is 5.76. The Morgan fingerprint density at radius 1 is 1.00 bits per heavy atom. The minimum Gasteiger partial charge on any atom is -0.378 e. The third kappa shape index (κ3) is 4.68. The van der Waals surface area contributed by atoms with Gasteiger partial charge in [0.15, 0.2) is 0 Å². The first kappa shape index (κ1) is 21.2. The van der Waals surface area contributed by atoms with Gasteiger partial charge in [0, 0.05) is 62.3 Å². The second-order valence-electron chi connectivity index (χ2n) is 8.02. The van der Waals surface area contributed by atoms with Crippen LogP contribution in [0.2, 0.25) is 0 Å². The van der Waals surface area contributed by atoms with Crippen molar-refractivity contribution in [3.05, 3.63) is 39.7 Å². The molecule has 0 aromatic carbocycles. The molecule has 2 saturated heterocycles. The molecular weight excluding hydrogens is 398 g/mol. The van der Waals surface area contributed by atoms with Gasteiger partial charge < -0.3 is 19.4 Å². The summed E-state index contributed by atoms with van der Waals surface area (Å²) in [6.07, 6.45) is 1.45. The minimum atomic E-state index is -0.164. The number of aromatic nitrogens is 4. The first-order valence-electron chi connectivity index (χ1n) is 10.7. The highest BCUT2D eigenvalue weighted by atomic mass is 16.5. The van der Waals surface area contributed by atoms with E-state index in [9.17, 15) is 9.59 Å². The summed E-state index contributed by atoms with van der Waals surface area (Å²) in [6.45, 7) is 11.0. The number of hydrogen-bond donors (Lipinski definition) is 0. The van der Waals surface area contributed by atoms with Crippen LogP contribution in [-0.2, 0) is 16.1 Å². The van der Waals surface area contributed by atoms with Gasteiger partial charge >= 0.3 is 0 Å². The summed E-state index contributed by atoms with van der Waals surface area (Å²) in [5.74, 6) is 1.54. The molecule has 4 rings (SSSR count). The van der Waals surface area contributed by atoms with E-state index < -0.39 is 0 Å². The molecule has 2 aliphatic heterocycles. The Morgan fingerprint density at radius 2 is 1.71 bits per heavy atom. The molecule has 166 valence electrons. The Bertz CT molecular complexity index is 1010. The Labute approximate surface area is 181 Å². The van der Waals surface area contributed by atoms with Gasteiger partial charge in [-0.05, 0) is 20.8 Å². The lowest BCUT2D eigenvalue weighted by molar-refractivity contribution is -0.132. The van der Waals surface area contributed by atoms with Crippen LogP contribution in [0.1, 0.15) is 17.0 Å². The number of amides is 1. The summed E-state index contributed by atoms with van der Waals surface area (Å²) in [7, 11) is 0. The van der Waals surface area contributed by atoms with E-state index in [-0.39, 0.29) is 18.0 Å². The van der Waals surface area contributed by atoms with Crippen LogP contribution < -0.4 is 15.4 Å². The molecule has 0 unspecified atom stereocenters. The van der Waals surface area contributed by atoms with Crippen molar-refractivity contribution < 1.29 is 9.53 Å². The molecule has 10 nitrogen and oxygen atoms in total. The summed E-state index contributed by atoms with van der Waals surface area (Å²) < 4.78 is 6.82. The standard InChI is InChI=1S/C21H29N7O3/c1-15-12-18(25-8-10-31-11-9-25)24-21(23-15)27-6-4-26(5-7-27)19(29)13-28-14-22-17(3)16(2)20(28)30/h12,14H,4-11,13H2,1-3H3. The van der Waals surface area contributed by atoms with Gasteiger partial charge in [0.1, 0.15) is 12.4 Å². The van der Waals surface area contributed by atoms with Gasteiger partial charge in [0.2, 0.25) is 11.9 Å². The first-order chi connectivity index (χ1) is 14.9. The third-order valence-electron chi connectivity index (χ3n) is 5.90. The van der Waals surface area contributed by atoms with Crippen LogP contribution in [0.4, 0.5) is 11.8 Å². The van der Waals surface area contributed by atoms with Crippen LogP contribution in [0.25, 0.3) is 0 Å². The molecule has 0 radical (unpaired) electrons. The average molecular weight is 428 g/mol. The molecule has 0 saturated carbocycles. The fourth-order valence-corrected chi connectivity index (χ4v) is 3.82. The van der Waals surface area contributed by atoms with Crippen molar-refractivity contribution in [3.63, 3.8) is 0 Å². The number of ether oxygens (including phenoxy) is 1. The lowest BCUT2D eigenvalue weighted by Gasteiger charge is -2.35. The fourth-order valence-electron chi connectivity index (χ4n) is 3.82. The van der Waals surface area contributed by atoms with Gasteiger partial charge in [-0.2, -0.15) is 4.98 Å². The van der Waals surface area contributed by atoms with Crippen LogP contribution in [-0.4, -0.2) is 82.8 Å². The van der Waals surface area contributed by atoms with E-state index in [1.165, 1.54) is 10.9 Å². The largest absolute Gasteiger partial charge is 0.378 e. The van der Waals surface area contributed by atoms with Crippen LogP contribution >= 0.6 is 0 Å². The van der Waals surface area contributed by atoms with E-state index in [0.717, 1.165) is 24.6 Å². The molecule has 1 amide bonds. The molecule has 0 aliphatic carbocycles. The van der Waals surface area contributed by atoms with E-state index in [1.807, 2.05) is 13.0 Å². The predicted octanol–water partition coefficient (Wildman–Crippen LogP) is 0.144. The fraction of sp³-hybridized carbons (Fsp3) is 0.571. The zero-order chi connectivity index (χ0) is 22.0. The topological polar surface area (TPSA) is 96.7 Å². The lowest BCUT2D eigenvalue weighted by atomic mass is 10.2. The van der Waals surface area contributed by atoms with Crippen molar-refractivity contribution >= 4 is 17.7 Å². The molecule has 0 spiro atoms. The van der Waals surface area contributed by atoms with E-state index in [0.29, 0.717) is 56.6 Å². The van der Waals surface area contributed by atoms with Gasteiger partial charge in [-0.3, -0.25) is 14.2 Å². The van der Waals surface area contributed by atoms with E-state index >= 15 is 0 Å². The molecule has 31 heavy (non-hydrogen) atoms. The number of nitrogens with zero attached hydrogens (tertiary/aromatic N) is 7. The molecule has 0 N–H and O–H groups in total. The van der Waals surface area contributed by atoms with Gasteiger partial charge in [0.25, 0.3) is 5.56 Å². The zero-order valence-corrected chi connectivity index (χ0v) is 18.4. The maximum absolute atomic E-state index is 12.7. The van der Waals surface area contributed by atoms with Crippen molar-refractivity contribution in [1.82, 2.24) is 24.4 Å². The smallest absolute Gasteiger partial charge is 0.256 e. The van der Waals surface area contributed by atoms with Gasteiger partial charge in [-0.15, -0.1) is 0 Å². The second kappa shape index (κ2) is 9.01. The number of hydrogen-bond acceptors (Lipinski definition) is 8. The molecular formula is C21H29N7O3. The number of carbonyl (C=O) groups is 1. The van der Waals surface area contributed by atoms with Crippen molar-refractivity contribution in [2.75, 3.05) is 62.3 Å². The summed E-state index contributed by atoms with van der Waals surface area (Å²) in [5.41, 5.74) is 2.03. The summed E-state index contributed by atoms with van der Waals surface area (Å²) in [5, 5.41) is 0. The first-order valence-corrected chi connectivity index (χ1v) is 10.7. The predicted molar refractivity (Wildman–Crippen MR) is 117 cm³/mol. The molecule has 0 bridgehead atoms. The Hall–Kier alpha value is -3.01. The van der Waals surface area contributed by atoms with Gasteiger partial charge in [-0.25, -0.2) is 9.97 Å². The van der Waals surface area contributed by atoms with E-state index in [4.69, 9.17) is 9.72 Å². The summed E-state index contributed by atoms with van der Waals surface area (Å²) in [6, 6.07) is 2.00. The van der Waals surface area contributed by atoms with Crippen LogP contribution in [0, 0.1) is 20.8 Å². The molecule has 2 aromatic heterocycles. The highest BCUT2D eigenvalue weighted by Gasteiger charge is 2.24. The molecule has 0 atom stereocenters. The number of piperazine rings is 1. The van der Waals surface area contributed by atoms with Gasteiger partial charge in [0.05, 0.1) is 19.5 Å². The maximum Gasteiger partial charge on any atom is 0.256 e. The highest BCUT2D eigenvalue weighted by Crippen LogP contribution is 2.19. The summed E-state index contributed by atoms with van der Waals surface area (Å²) in [4.78, 5) is 44.8. The third-order valence-corrected chi connectivity index (χ3v) is 5.90. The van der Waals surface area contributed by atoms with Crippen LogP contribution in [0.5, 0.6) is 0 Å². The maximum atomic E-state index is 12.7. The normalized spacial score (nSPS) is 17.2. The number of carbonyl (C=O) groups excluding carboxylic acids is 1. The number of rotatable bonds is 4. The van der Waals surface area contributed by atoms with Crippen molar-refractivity contribution in [3.8, 4) is 0 Å². The minimum absolute atomic E-state index is 0.00901. The summed E-state index contributed by atoms with van der Waals surface area (Å²) >= 11 is 0. The second-order valence-corrected chi connectivity index (χ2v) is 8.02. The Balaban J connectivity index is 1.39. The Kier molecular flexibility index (Phi) is 6.17. The molecule has 10 heteroatoms. The van der Waals surface area contributed by atoms with Gasteiger partial charge in [-0.1, -0.05) is 0 Å². The molecule has 2 fully saturated rings. The molecule has 4 heterocycles. The lowest BCUT2D eigenvalue weighted by Crippen LogP contribution is -2.50. The van der Waals surface area contributed by atoms with Crippen molar-refractivity contribution in [2.24, 2.45) is 0 Å². The zero-order valence-electron chi connectivity index (χ0n) is 18.4.